The molecule has 0 aliphatic rings. The summed E-state index contributed by atoms with van der Waals surface area (Å²) >= 11 is 2.00. The molecule has 106 valence electrons. The Morgan fingerprint density at radius 3 is 2.55 bits per heavy atom. The molecule has 0 heterocycles. The van der Waals surface area contributed by atoms with E-state index in [-0.39, 0.29) is 5.69 Å². The molecule has 0 saturated carbocycles. The van der Waals surface area contributed by atoms with Gasteiger partial charge in [0.1, 0.15) is 10.7 Å². The highest BCUT2D eigenvalue weighted by Gasteiger charge is 2.21. The molecule has 0 aromatic heterocycles. The number of halogens is 2. The van der Waals surface area contributed by atoms with Gasteiger partial charge in [-0.3, -0.25) is 4.72 Å². The SMILES string of the molecule is Cc1cc(F)c(S(=O)(=O)Nc2ccccc2I)cc1N. The summed E-state index contributed by atoms with van der Waals surface area (Å²) < 4.78 is 41.4. The minimum atomic E-state index is -4.02. The van der Waals surface area contributed by atoms with Gasteiger partial charge in [-0.1, -0.05) is 12.1 Å². The molecule has 0 aliphatic heterocycles. The monoisotopic (exact) mass is 406 g/mol. The number of rotatable bonds is 3. The molecule has 0 fully saturated rings. The Bertz CT molecular complexity index is 763. The number of anilines is 2. The van der Waals surface area contributed by atoms with Crippen LogP contribution in [0, 0.1) is 16.3 Å². The molecule has 0 radical (unpaired) electrons. The second-order valence-corrected chi connectivity index (χ2v) is 7.04. The second kappa shape index (κ2) is 5.57. The second-order valence-electron chi connectivity index (χ2n) is 4.22. The number of benzene rings is 2. The van der Waals surface area contributed by atoms with E-state index in [1.807, 2.05) is 22.6 Å². The lowest BCUT2D eigenvalue weighted by Crippen LogP contribution is -2.16. The minimum Gasteiger partial charge on any atom is -0.398 e. The van der Waals surface area contributed by atoms with Crippen molar-refractivity contribution in [2.75, 3.05) is 10.5 Å². The van der Waals surface area contributed by atoms with E-state index in [0.717, 1.165) is 12.1 Å². The summed E-state index contributed by atoms with van der Waals surface area (Å²) in [5.41, 5.74) is 6.77. The topological polar surface area (TPSA) is 72.2 Å². The number of aryl methyl sites for hydroxylation is 1. The third kappa shape index (κ3) is 3.04. The van der Waals surface area contributed by atoms with Gasteiger partial charge < -0.3 is 5.73 Å². The summed E-state index contributed by atoms with van der Waals surface area (Å²) in [7, 11) is -4.02. The third-order valence-corrected chi connectivity index (χ3v) is 5.05. The van der Waals surface area contributed by atoms with Crippen LogP contribution in [-0.2, 0) is 10.0 Å². The first kappa shape index (κ1) is 15.0. The maximum absolute atomic E-state index is 13.9. The van der Waals surface area contributed by atoms with Gasteiger partial charge in [0.05, 0.1) is 5.69 Å². The summed E-state index contributed by atoms with van der Waals surface area (Å²) in [6.07, 6.45) is 0. The number of hydrogen-bond donors (Lipinski definition) is 2. The van der Waals surface area contributed by atoms with Crippen molar-refractivity contribution in [3.63, 3.8) is 0 Å². The number of nitrogens with one attached hydrogen (secondary N) is 1. The van der Waals surface area contributed by atoms with Gasteiger partial charge in [0, 0.05) is 9.26 Å². The van der Waals surface area contributed by atoms with Crippen LogP contribution >= 0.6 is 22.6 Å². The van der Waals surface area contributed by atoms with Gasteiger partial charge in [-0.2, -0.15) is 0 Å². The van der Waals surface area contributed by atoms with E-state index in [9.17, 15) is 12.8 Å². The van der Waals surface area contributed by atoms with Crippen molar-refractivity contribution in [2.24, 2.45) is 0 Å². The van der Waals surface area contributed by atoms with Gasteiger partial charge in [-0.15, -0.1) is 0 Å². The molecule has 2 aromatic carbocycles. The normalized spacial score (nSPS) is 11.3. The summed E-state index contributed by atoms with van der Waals surface area (Å²) in [4.78, 5) is -0.458. The predicted octanol–water partition coefficient (Wildman–Crippen LogP) is 3.12. The fraction of sp³-hybridized carbons (Fsp3) is 0.0769. The lowest BCUT2D eigenvalue weighted by atomic mass is 10.2. The zero-order valence-corrected chi connectivity index (χ0v) is 13.5. The molecule has 20 heavy (non-hydrogen) atoms. The van der Waals surface area contributed by atoms with E-state index in [1.165, 1.54) is 0 Å². The van der Waals surface area contributed by atoms with Crippen LogP contribution in [0.25, 0.3) is 0 Å². The molecule has 0 saturated heterocycles. The molecule has 0 unspecified atom stereocenters. The molecule has 7 heteroatoms. The van der Waals surface area contributed by atoms with Gasteiger partial charge in [0.25, 0.3) is 10.0 Å². The maximum atomic E-state index is 13.9. The first-order chi connectivity index (χ1) is 9.31. The van der Waals surface area contributed by atoms with E-state index in [4.69, 9.17) is 5.73 Å². The quantitative estimate of drug-likeness (QED) is 0.608. The highest BCUT2D eigenvalue weighted by atomic mass is 127. The highest BCUT2D eigenvalue weighted by Crippen LogP contribution is 2.25. The van der Waals surface area contributed by atoms with Crippen LogP contribution in [0.5, 0.6) is 0 Å². The molecule has 0 atom stereocenters. The Balaban J connectivity index is 2.47. The summed E-state index contributed by atoms with van der Waals surface area (Å²) in [6, 6.07) is 9.07. The molecule has 0 spiro atoms. The van der Waals surface area contributed by atoms with E-state index in [1.54, 1.807) is 31.2 Å². The van der Waals surface area contributed by atoms with E-state index in [0.29, 0.717) is 14.8 Å². The van der Waals surface area contributed by atoms with Crippen LogP contribution in [0.15, 0.2) is 41.3 Å². The number of sulfonamides is 1. The van der Waals surface area contributed by atoms with Gasteiger partial charge in [-0.25, -0.2) is 12.8 Å². The molecule has 0 aliphatic carbocycles. The molecule has 2 rings (SSSR count). The van der Waals surface area contributed by atoms with Crippen molar-refractivity contribution in [1.29, 1.82) is 0 Å². The fourth-order valence-electron chi connectivity index (χ4n) is 1.62. The van der Waals surface area contributed by atoms with Gasteiger partial charge in [0.15, 0.2) is 0 Å². The molecule has 4 nitrogen and oxygen atoms in total. The fourth-order valence-corrected chi connectivity index (χ4v) is 3.50. The van der Waals surface area contributed by atoms with Crippen molar-refractivity contribution < 1.29 is 12.8 Å². The summed E-state index contributed by atoms with van der Waals surface area (Å²) in [6.45, 7) is 1.61. The van der Waals surface area contributed by atoms with Gasteiger partial charge in [0.2, 0.25) is 0 Å². The Morgan fingerprint density at radius 1 is 1.25 bits per heavy atom. The van der Waals surface area contributed by atoms with Crippen LogP contribution in [0.1, 0.15) is 5.56 Å². The lowest BCUT2D eigenvalue weighted by Gasteiger charge is -2.11. The average Bonchev–Trinajstić information content (AvgIpc) is 2.36. The van der Waals surface area contributed by atoms with Crippen molar-refractivity contribution in [2.45, 2.75) is 11.8 Å². The Kier molecular flexibility index (Phi) is 4.19. The Morgan fingerprint density at radius 2 is 1.90 bits per heavy atom. The minimum absolute atomic E-state index is 0.231. The van der Waals surface area contributed by atoms with Crippen molar-refractivity contribution >= 4 is 44.0 Å². The zero-order chi connectivity index (χ0) is 14.9. The first-order valence-electron chi connectivity index (χ1n) is 5.64. The van der Waals surface area contributed by atoms with Crippen LogP contribution < -0.4 is 10.5 Å². The van der Waals surface area contributed by atoms with Gasteiger partial charge >= 0.3 is 0 Å². The van der Waals surface area contributed by atoms with E-state index >= 15 is 0 Å². The van der Waals surface area contributed by atoms with Crippen LogP contribution in [0.3, 0.4) is 0 Å². The highest BCUT2D eigenvalue weighted by molar-refractivity contribution is 14.1. The average molecular weight is 406 g/mol. The molecule has 3 N–H and O–H groups in total. The predicted molar refractivity (Wildman–Crippen MR) is 85.5 cm³/mol. The van der Waals surface area contributed by atoms with Crippen molar-refractivity contribution in [3.05, 3.63) is 51.3 Å². The maximum Gasteiger partial charge on any atom is 0.264 e. The molecule has 0 amide bonds. The van der Waals surface area contributed by atoms with Crippen LogP contribution in [0.4, 0.5) is 15.8 Å². The summed E-state index contributed by atoms with van der Waals surface area (Å²) in [5, 5.41) is 0. The smallest absolute Gasteiger partial charge is 0.264 e. The van der Waals surface area contributed by atoms with E-state index in [2.05, 4.69) is 4.72 Å². The standard InChI is InChI=1S/C13H12FIN2O2S/c1-8-6-9(14)13(7-11(8)16)20(18,19)17-12-5-3-2-4-10(12)15/h2-7,17H,16H2,1H3. The summed E-state index contributed by atoms with van der Waals surface area (Å²) in [5.74, 6) is -0.824. The number of hydrogen-bond acceptors (Lipinski definition) is 3. The molecule has 2 aromatic rings. The number of para-hydroxylation sites is 1. The number of nitrogens with two attached hydrogens (primary N) is 1. The molecular weight excluding hydrogens is 394 g/mol. The van der Waals surface area contributed by atoms with Crippen molar-refractivity contribution in [3.8, 4) is 0 Å². The largest absolute Gasteiger partial charge is 0.398 e. The van der Waals surface area contributed by atoms with Crippen LogP contribution in [-0.4, -0.2) is 8.42 Å². The number of nitrogen functional groups attached to an aromatic ring is 1. The van der Waals surface area contributed by atoms with Gasteiger partial charge in [-0.05, 0) is 59.3 Å². The third-order valence-electron chi connectivity index (χ3n) is 2.73. The molecular formula is C13H12FIN2O2S. The van der Waals surface area contributed by atoms with E-state index < -0.39 is 20.7 Å². The Hall–Kier alpha value is -1.35. The molecule has 0 bridgehead atoms. The van der Waals surface area contributed by atoms with Crippen molar-refractivity contribution in [1.82, 2.24) is 0 Å². The lowest BCUT2D eigenvalue weighted by molar-refractivity contribution is 0.570. The van der Waals surface area contributed by atoms with Crippen LogP contribution in [0.2, 0.25) is 0 Å². The zero-order valence-electron chi connectivity index (χ0n) is 10.5. The first-order valence-corrected chi connectivity index (χ1v) is 8.20. The Labute approximate surface area is 130 Å².